The lowest BCUT2D eigenvalue weighted by molar-refractivity contribution is -0.105. The fourth-order valence-electron chi connectivity index (χ4n) is 1.40. The molecule has 0 fully saturated rings. The maximum absolute atomic E-state index is 10.6. The van der Waals surface area contributed by atoms with Crippen LogP contribution in [0, 0.1) is 28.6 Å². The Balaban J connectivity index is 3.18. The molecule has 2 N–H and O–H groups in total. The summed E-state index contributed by atoms with van der Waals surface area (Å²) in [6.45, 7) is 2.13. The van der Waals surface area contributed by atoms with Crippen LogP contribution in [0.5, 0.6) is 0 Å². The van der Waals surface area contributed by atoms with Crippen LogP contribution in [-0.2, 0) is 4.79 Å². The molecule has 1 aromatic heterocycles. The van der Waals surface area contributed by atoms with Crippen LogP contribution in [0.4, 0.5) is 17.6 Å². The lowest BCUT2D eigenvalue weighted by Gasteiger charge is -2.16. The number of amides is 1. The molecule has 0 spiro atoms. The summed E-state index contributed by atoms with van der Waals surface area (Å²) in [7, 11) is 3.46. The van der Waals surface area contributed by atoms with Gasteiger partial charge in [-0.05, 0) is 6.92 Å². The van der Waals surface area contributed by atoms with Crippen LogP contribution in [0.2, 0.25) is 0 Å². The molecule has 1 aromatic rings. The molecule has 0 saturated carbocycles. The fraction of sp³-hybridized carbons (Fsp3) is 0.417. The molecule has 1 atom stereocenters. The second-order valence-electron chi connectivity index (χ2n) is 4.27. The Labute approximate surface area is 117 Å². The van der Waals surface area contributed by atoms with Crippen molar-refractivity contribution in [3.05, 3.63) is 5.56 Å². The number of rotatable bonds is 6. The number of hydrogen-bond acceptors (Lipinski definition) is 7. The fourth-order valence-corrected chi connectivity index (χ4v) is 1.40. The minimum Gasteiger partial charge on any atom is -0.361 e. The first-order valence-corrected chi connectivity index (χ1v) is 5.86. The van der Waals surface area contributed by atoms with Crippen molar-refractivity contribution in [1.29, 1.82) is 10.5 Å². The highest BCUT2D eigenvalue weighted by molar-refractivity contribution is 5.77. The molecule has 0 radical (unpaired) electrons. The standard InChI is InChI=1S/C12H15N7O/c1-8(4-13)6-15-12-17-10(16-7-20)9(5-14)11(18-12)19(2)3/h7-8H,6H2,1-3H3,(H2,15,16,17,18,20). The molecule has 1 heterocycles. The van der Waals surface area contributed by atoms with E-state index >= 15 is 0 Å². The van der Waals surface area contributed by atoms with E-state index in [1.165, 1.54) is 0 Å². The summed E-state index contributed by atoms with van der Waals surface area (Å²) >= 11 is 0. The molecule has 1 unspecified atom stereocenters. The third-order valence-corrected chi connectivity index (χ3v) is 2.41. The molecule has 1 amide bonds. The molecule has 0 aliphatic heterocycles. The van der Waals surface area contributed by atoms with E-state index in [4.69, 9.17) is 10.5 Å². The normalized spacial score (nSPS) is 10.8. The van der Waals surface area contributed by atoms with Crippen LogP contribution in [0.1, 0.15) is 12.5 Å². The van der Waals surface area contributed by atoms with Gasteiger partial charge in [0.05, 0.1) is 12.0 Å². The van der Waals surface area contributed by atoms with Gasteiger partial charge in [-0.15, -0.1) is 0 Å². The van der Waals surface area contributed by atoms with Crippen molar-refractivity contribution in [2.45, 2.75) is 6.92 Å². The van der Waals surface area contributed by atoms with Crippen molar-refractivity contribution < 1.29 is 4.79 Å². The van der Waals surface area contributed by atoms with Crippen LogP contribution in [0.3, 0.4) is 0 Å². The number of aromatic nitrogens is 2. The second-order valence-corrected chi connectivity index (χ2v) is 4.27. The maximum Gasteiger partial charge on any atom is 0.226 e. The van der Waals surface area contributed by atoms with Crippen LogP contribution < -0.4 is 15.5 Å². The minimum absolute atomic E-state index is 0.133. The van der Waals surface area contributed by atoms with Gasteiger partial charge in [-0.2, -0.15) is 20.5 Å². The Hall–Kier alpha value is -2.87. The van der Waals surface area contributed by atoms with Gasteiger partial charge in [0.1, 0.15) is 11.6 Å². The van der Waals surface area contributed by atoms with Gasteiger partial charge in [0, 0.05) is 20.6 Å². The first-order chi connectivity index (χ1) is 9.53. The highest BCUT2D eigenvalue weighted by atomic mass is 16.1. The highest BCUT2D eigenvalue weighted by Crippen LogP contribution is 2.23. The van der Waals surface area contributed by atoms with Gasteiger partial charge in [0.2, 0.25) is 12.4 Å². The summed E-state index contributed by atoms with van der Waals surface area (Å²) in [4.78, 5) is 20.5. The van der Waals surface area contributed by atoms with Crippen molar-refractivity contribution in [3.63, 3.8) is 0 Å². The Morgan fingerprint density at radius 3 is 2.60 bits per heavy atom. The van der Waals surface area contributed by atoms with Gasteiger partial charge < -0.3 is 15.5 Å². The third kappa shape index (κ3) is 3.56. The van der Waals surface area contributed by atoms with Crippen molar-refractivity contribution in [1.82, 2.24) is 9.97 Å². The van der Waals surface area contributed by atoms with Gasteiger partial charge >= 0.3 is 0 Å². The average Bonchev–Trinajstić information content (AvgIpc) is 2.44. The topological polar surface area (TPSA) is 118 Å². The van der Waals surface area contributed by atoms with Gasteiger partial charge in [0.25, 0.3) is 0 Å². The van der Waals surface area contributed by atoms with Gasteiger partial charge in [-0.25, -0.2) is 0 Å². The number of hydrogen-bond donors (Lipinski definition) is 2. The molecule has 0 aliphatic carbocycles. The Kier molecular flexibility index (Phi) is 5.24. The first-order valence-electron chi connectivity index (χ1n) is 5.86. The van der Waals surface area contributed by atoms with E-state index in [2.05, 4.69) is 26.7 Å². The maximum atomic E-state index is 10.6. The average molecular weight is 273 g/mol. The van der Waals surface area contributed by atoms with E-state index in [0.717, 1.165) is 0 Å². The smallest absolute Gasteiger partial charge is 0.226 e. The third-order valence-electron chi connectivity index (χ3n) is 2.41. The Morgan fingerprint density at radius 2 is 2.10 bits per heavy atom. The zero-order valence-electron chi connectivity index (χ0n) is 11.5. The highest BCUT2D eigenvalue weighted by Gasteiger charge is 2.16. The van der Waals surface area contributed by atoms with Crippen LogP contribution in [0.15, 0.2) is 0 Å². The van der Waals surface area contributed by atoms with E-state index in [1.54, 1.807) is 25.9 Å². The zero-order chi connectivity index (χ0) is 15.1. The largest absolute Gasteiger partial charge is 0.361 e. The molecule has 8 nitrogen and oxygen atoms in total. The van der Waals surface area contributed by atoms with E-state index in [9.17, 15) is 4.79 Å². The zero-order valence-corrected chi connectivity index (χ0v) is 11.5. The lowest BCUT2D eigenvalue weighted by atomic mass is 10.2. The molecule has 8 heteroatoms. The molecule has 0 aliphatic rings. The molecular formula is C12H15N7O. The van der Waals surface area contributed by atoms with Crippen molar-refractivity contribution in [2.24, 2.45) is 5.92 Å². The van der Waals surface area contributed by atoms with Crippen molar-refractivity contribution in [2.75, 3.05) is 36.2 Å². The monoisotopic (exact) mass is 273 g/mol. The summed E-state index contributed by atoms with van der Waals surface area (Å²) < 4.78 is 0. The number of nitriles is 2. The second kappa shape index (κ2) is 6.90. The number of carbonyl (C=O) groups excluding carboxylic acids is 1. The minimum atomic E-state index is -0.209. The number of nitrogens with zero attached hydrogens (tertiary/aromatic N) is 5. The SMILES string of the molecule is CC(C#N)CNc1nc(NC=O)c(C#N)c(N(C)C)n1. The molecule has 0 aromatic carbocycles. The molecule has 20 heavy (non-hydrogen) atoms. The van der Waals surface area contributed by atoms with Crippen LogP contribution in [0.25, 0.3) is 0 Å². The van der Waals surface area contributed by atoms with E-state index < -0.39 is 0 Å². The van der Waals surface area contributed by atoms with Gasteiger partial charge in [-0.1, -0.05) is 0 Å². The lowest BCUT2D eigenvalue weighted by Crippen LogP contribution is -2.18. The summed E-state index contributed by atoms with van der Waals surface area (Å²) in [5.41, 5.74) is 0.181. The Bertz CT molecular complexity index is 570. The predicted octanol–water partition coefficient (Wildman–Crippen LogP) is 0.554. The van der Waals surface area contributed by atoms with E-state index in [0.29, 0.717) is 18.8 Å². The summed E-state index contributed by atoms with van der Waals surface area (Å²) in [6.07, 6.45) is 0.449. The summed E-state index contributed by atoms with van der Waals surface area (Å²) in [5, 5.41) is 23.2. The number of anilines is 3. The summed E-state index contributed by atoms with van der Waals surface area (Å²) in [5.74, 6) is 0.561. The molecule has 104 valence electrons. The van der Waals surface area contributed by atoms with E-state index in [1.807, 2.05) is 6.07 Å². The Morgan fingerprint density at radius 1 is 1.40 bits per heavy atom. The van der Waals surface area contributed by atoms with Crippen LogP contribution in [-0.4, -0.2) is 37.0 Å². The van der Waals surface area contributed by atoms with Crippen LogP contribution >= 0.6 is 0 Å². The van der Waals surface area contributed by atoms with Gasteiger partial charge in [-0.3, -0.25) is 4.79 Å². The van der Waals surface area contributed by atoms with E-state index in [-0.39, 0.29) is 23.2 Å². The predicted molar refractivity (Wildman–Crippen MR) is 74.0 cm³/mol. The molecule has 0 bridgehead atoms. The molecule has 1 rings (SSSR count). The summed E-state index contributed by atoms with van der Waals surface area (Å²) in [6, 6.07) is 4.05. The first kappa shape index (κ1) is 15.2. The quantitative estimate of drug-likeness (QED) is 0.727. The van der Waals surface area contributed by atoms with Gasteiger partial charge in [0.15, 0.2) is 11.6 Å². The number of nitrogens with one attached hydrogen (secondary N) is 2. The van der Waals surface area contributed by atoms with Crippen molar-refractivity contribution in [3.8, 4) is 12.1 Å². The molecular weight excluding hydrogens is 258 g/mol. The number of carbonyl (C=O) groups is 1. The van der Waals surface area contributed by atoms with Crippen molar-refractivity contribution >= 4 is 24.0 Å². The molecule has 0 saturated heterocycles.